The van der Waals surface area contributed by atoms with Crippen molar-refractivity contribution >= 4 is 5.71 Å². The van der Waals surface area contributed by atoms with E-state index in [1.807, 2.05) is 18.2 Å². The number of fused-ring (bicyclic) bond motifs is 4. The van der Waals surface area contributed by atoms with E-state index in [2.05, 4.69) is 41.2 Å². The van der Waals surface area contributed by atoms with Gasteiger partial charge in [0.2, 0.25) is 5.72 Å². The number of para-hydroxylation sites is 1. The maximum atomic E-state index is 6.64. The molecule has 0 unspecified atom stereocenters. The van der Waals surface area contributed by atoms with E-state index in [0.717, 1.165) is 60.9 Å². The van der Waals surface area contributed by atoms with E-state index in [1.165, 1.54) is 5.56 Å². The van der Waals surface area contributed by atoms with Crippen molar-refractivity contribution in [1.29, 1.82) is 0 Å². The predicted molar refractivity (Wildman–Crippen MR) is 112 cm³/mol. The third kappa shape index (κ3) is 2.94. The summed E-state index contributed by atoms with van der Waals surface area (Å²) in [6, 6.07) is 14.5. The van der Waals surface area contributed by atoms with Crippen LogP contribution < -0.4 is 14.2 Å². The van der Waals surface area contributed by atoms with E-state index in [-0.39, 0.29) is 11.8 Å². The number of hydrazone groups is 1. The molecule has 0 aromatic heterocycles. The molecule has 152 valence electrons. The molecule has 1 atom stereocenters. The molecule has 6 heteroatoms. The van der Waals surface area contributed by atoms with Gasteiger partial charge in [0.25, 0.3) is 0 Å². The number of benzene rings is 2. The van der Waals surface area contributed by atoms with Gasteiger partial charge in [-0.05, 0) is 25.2 Å². The lowest BCUT2D eigenvalue weighted by molar-refractivity contribution is -0.147. The normalized spacial score (nSPS) is 22.5. The van der Waals surface area contributed by atoms with Crippen molar-refractivity contribution in [3.8, 4) is 17.2 Å². The van der Waals surface area contributed by atoms with Gasteiger partial charge >= 0.3 is 0 Å². The van der Waals surface area contributed by atoms with E-state index in [1.54, 1.807) is 14.2 Å². The highest BCUT2D eigenvalue weighted by Gasteiger charge is 2.51. The van der Waals surface area contributed by atoms with Crippen LogP contribution in [-0.4, -0.2) is 55.7 Å². The second-order valence-corrected chi connectivity index (χ2v) is 8.07. The van der Waals surface area contributed by atoms with Crippen LogP contribution in [0.3, 0.4) is 0 Å². The molecule has 1 saturated heterocycles. The summed E-state index contributed by atoms with van der Waals surface area (Å²) in [5.41, 5.74) is 2.88. The molecule has 0 bridgehead atoms. The molecule has 2 aromatic rings. The van der Waals surface area contributed by atoms with E-state index < -0.39 is 0 Å². The molecule has 5 rings (SSSR count). The zero-order valence-electron chi connectivity index (χ0n) is 17.2. The van der Waals surface area contributed by atoms with Gasteiger partial charge < -0.3 is 19.1 Å². The van der Waals surface area contributed by atoms with Crippen LogP contribution >= 0.6 is 0 Å². The fourth-order valence-electron chi connectivity index (χ4n) is 4.73. The van der Waals surface area contributed by atoms with Crippen molar-refractivity contribution in [1.82, 2.24) is 9.91 Å². The second kappa shape index (κ2) is 6.95. The molecule has 2 aromatic carbocycles. The first-order chi connectivity index (χ1) is 14.1. The molecule has 0 N–H and O–H groups in total. The molecule has 0 radical (unpaired) electrons. The molecule has 3 aliphatic heterocycles. The van der Waals surface area contributed by atoms with Crippen LogP contribution in [0.4, 0.5) is 0 Å². The Hall–Kier alpha value is -2.73. The highest BCUT2D eigenvalue weighted by molar-refractivity contribution is 6.04. The number of methoxy groups -OCH3 is 2. The summed E-state index contributed by atoms with van der Waals surface area (Å²) in [5, 5.41) is 7.37. The van der Waals surface area contributed by atoms with Gasteiger partial charge in [-0.2, -0.15) is 5.10 Å². The summed E-state index contributed by atoms with van der Waals surface area (Å²) < 4.78 is 17.7. The quantitative estimate of drug-likeness (QED) is 0.796. The first-order valence-corrected chi connectivity index (χ1v) is 10.2. The first kappa shape index (κ1) is 18.3. The van der Waals surface area contributed by atoms with Gasteiger partial charge in [-0.25, -0.2) is 5.01 Å². The van der Waals surface area contributed by atoms with Crippen molar-refractivity contribution in [2.45, 2.75) is 31.0 Å². The maximum absolute atomic E-state index is 6.64. The van der Waals surface area contributed by atoms with Gasteiger partial charge in [0, 0.05) is 49.5 Å². The molecule has 3 heterocycles. The summed E-state index contributed by atoms with van der Waals surface area (Å²) in [6.07, 6.45) is 2.70. The summed E-state index contributed by atoms with van der Waals surface area (Å²) >= 11 is 0. The third-order valence-corrected chi connectivity index (χ3v) is 6.39. The molecule has 29 heavy (non-hydrogen) atoms. The summed E-state index contributed by atoms with van der Waals surface area (Å²) in [7, 11) is 5.53. The van der Waals surface area contributed by atoms with Crippen LogP contribution in [0.1, 0.15) is 36.4 Å². The molecule has 0 amide bonds. The van der Waals surface area contributed by atoms with Crippen LogP contribution in [0.5, 0.6) is 17.2 Å². The topological polar surface area (TPSA) is 46.5 Å². The number of hydrogen-bond acceptors (Lipinski definition) is 6. The number of nitrogens with zero attached hydrogens (tertiary/aromatic N) is 3. The fourth-order valence-corrected chi connectivity index (χ4v) is 4.73. The maximum Gasteiger partial charge on any atom is 0.200 e. The minimum absolute atomic E-state index is 0.185. The second-order valence-electron chi connectivity index (χ2n) is 8.07. The van der Waals surface area contributed by atoms with Gasteiger partial charge in [0.05, 0.1) is 26.0 Å². The molecule has 1 fully saturated rings. The summed E-state index contributed by atoms with van der Waals surface area (Å²) in [4.78, 5) is 2.36. The third-order valence-electron chi connectivity index (χ3n) is 6.39. The van der Waals surface area contributed by atoms with E-state index in [9.17, 15) is 0 Å². The zero-order valence-corrected chi connectivity index (χ0v) is 17.2. The molecule has 6 nitrogen and oxygen atoms in total. The molecular formula is C23H27N3O3. The summed E-state index contributed by atoms with van der Waals surface area (Å²) in [5.74, 6) is 2.56. The van der Waals surface area contributed by atoms with Crippen molar-refractivity contribution in [3.05, 3.63) is 53.6 Å². The molecule has 1 spiro atoms. The average Bonchev–Trinajstić information content (AvgIpc) is 3.22. The van der Waals surface area contributed by atoms with Gasteiger partial charge in [0.1, 0.15) is 17.2 Å². The Balaban J connectivity index is 1.58. The predicted octanol–water partition coefficient (Wildman–Crippen LogP) is 3.67. The SMILES string of the molecule is COc1ccc(C2=NN3[C@@H](C2)c2ccccc2OC32CCN(C)CC2)c(OC)c1. The van der Waals surface area contributed by atoms with E-state index in [4.69, 9.17) is 19.3 Å². The minimum atomic E-state index is -0.382. The number of ether oxygens (including phenoxy) is 3. The van der Waals surface area contributed by atoms with Gasteiger partial charge in [-0.1, -0.05) is 18.2 Å². The molecule has 3 aliphatic rings. The van der Waals surface area contributed by atoms with Crippen molar-refractivity contribution < 1.29 is 14.2 Å². The Kier molecular flexibility index (Phi) is 4.39. The van der Waals surface area contributed by atoms with Crippen LogP contribution in [0.2, 0.25) is 0 Å². The van der Waals surface area contributed by atoms with Crippen LogP contribution in [0.25, 0.3) is 0 Å². The lowest BCUT2D eigenvalue weighted by atomic mass is 9.91. The summed E-state index contributed by atoms with van der Waals surface area (Å²) in [6.45, 7) is 2.00. The monoisotopic (exact) mass is 393 g/mol. The van der Waals surface area contributed by atoms with Crippen LogP contribution in [0.15, 0.2) is 47.6 Å². The lowest BCUT2D eigenvalue weighted by Crippen LogP contribution is -2.58. The van der Waals surface area contributed by atoms with Crippen LogP contribution in [-0.2, 0) is 0 Å². The standard InChI is InChI=1S/C23H27N3O3/c1-25-12-10-23(11-13-25)26-20(18-6-4-5-7-21(18)29-23)15-19(24-26)17-9-8-16(27-2)14-22(17)28-3/h4-9,14,20H,10-13,15H2,1-3H3/t20-/m0/s1. The lowest BCUT2D eigenvalue weighted by Gasteiger charge is -2.50. The highest BCUT2D eigenvalue weighted by Crippen LogP contribution is 2.50. The Labute approximate surface area is 171 Å². The van der Waals surface area contributed by atoms with Crippen molar-refractivity contribution in [3.63, 3.8) is 0 Å². The van der Waals surface area contributed by atoms with E-state index in [0.29, 0.717) is 0 Å². The smallest absolute Gasteiger partial charge is 0.200 e. The molecule has 0 aliphatic carbocycles. The number of rotatable bonds is 3. The minimum Gasteiger partial charge on any atom is -0.497 e. The van der Waals surface area contributed by atoms with E-state index >= 15 is 0 Å². The molecule has 0 saturated carbocycles. The van der Waals surface area contributed by atoms with Gasteiger partial charge in [-0.15, -0.1) is 0 Å². The molecular weight excluding hydrogens is 366 g/mol. The number of piperidine rings is 1. The van der Waals surface area contributed by atoms with Crippen molar-refractivity contribution in [2.24, 2.45) is 5.10 Å². The van der Waals surface area contributed by atoms with Gasteiger partial charge in [0.15, 0.2) is 0 Å². The van der Waals surface area contributed by atoms with Crippen LogP contribution in [0, 0.1) is 0 Å². The Morgan fingerprint density at radius 2 is 1.86 bits per heavy atom. The highest BCUT2D eigenvalue weighted by atomic mass is 16.5. The Morgan fingerprint density at radius 1 is 1.07 bits per heavy atom. The fraction of sp³-hybridized carbons (Fsp3) is 0.435. The van der Waals surface area contributed by atoms with Gasteiger partial charge in [-0.3, -0.25) is 0 Å². The van der Waals surface area contributed by atoms with Crippen molar-refractivity contribution in [2.75, 3.05) is 34.4 Å². The Morgan fingerprint density at radius 3 is 2.62 bits per heavy atom. The average molecular weight is 393 g/mol. The Bertz CT molecular complexity index is 950. The largest absolute Gasteiger partial charge is 0.497 e. The number of likely N-dealkylation sites (tertiary alicyclic amines) is 1. The number of hydrogen-bond donors (Lipinski definition) is 0. The first-order valence-electron chi connectivity index (χ1n) is 10.2. The zero-order chi connectivity index (χ0) is 20.0.